The van der Waals surface area contributed by atoms with Crippen LogP contribution in [-0.4, -0.2) is 45.3 Å². The zero-order valence-corrected chi connectivity index (χ0v) is 18.4. The molecule has 1 saturated heterocycles. The van der Waals surface area contributed by atoms with Crippen molar-refractivity contribution >= 4 is 34.1 Å². The van der Waals surface area contributed by atoms with Gasteiger partial charge in [0.15, 0.2) is 10.6 Å². The number of carbonyl (C=O) groups excluding carboxylic acids is 1. The number of morpholine rings is 1. The van der Waals surface area contributed by atoms with Gasteiger partial charge in [0.2, 0.25) is 5.91 Å². The number of hydrogen-bond acceptors (Lipinski definition) is 4. The van der Waals surface area contributed by atoms with E-state index in [0.717, 1.165) is 21.2 Å². The van der Waals surface area contributed by atoms with E-state index in [9.17, 15) is 4.79 Å². The number of aromatic amines is 1. The second-order valence-electron chi connectivity index (χ2n) is 7.06. The van der Waals surface area contributed by atoms with E-state index in [1.165, 1.54) is 0 Å². The number of carbonyl (C=O) groups is 1. The molecule has 1 atom stereocenters. The fourth-order valence-corrected chi connectivity index (χ4v) is 3.84. The molecule has 1 unspecified atom stereocenters. The van der Waals surface area contributed by atoms with Crippen molar-refractivity contribution in [1.29, 1.82) is 0 Å². The van der Waals surface area contributed by atoms with Crippen molar-refractivity contribution in [2.24, 2.45) is 0 Å². The van der Waals surface area contributed by atoms with E-state index < -0.39 is 0 Å². The monoisotopic (exact) mass is 472 g/mol. The van der Waals surface area contributed by atoms with Crippen LogP contribution >= 0.6 is 28.1 Å². The Morgan fingerprint density at radius 1 is 1.24 bits per heavy atom. The third-order valence-electron chi connectivity index (χ3n) is 5.02. The molecule has 1 amide bonds. The first kappa shape index (κ1) is 20.0. The van der Waals surface area contributed by atoms with Gasteiger partial charge in [-0.15, -0.1) is 0 Å². The minimum absolute atomic E-state index is 0.00118. The third kappa shape index (κ3) is 4.49. The van der Waals surface area contributed by atoms with Crippen molar-refractivity contribution in [3.05, 3.63) is 68.9 Å². The standard InChI is InChI=1S/C21H21BrN4O2S/c1-14-2-4-16(5-3-14)20-23-24-21(29)26(20)13-19(27)25-10-11-28-18(12-25)15-6-8-17(22)9-7-15/h2-9,18H,10-13H2,1H3,(H,24,29). The number of amides is 1. The van der Waals surface area contributed by atoms with E-state index in [2.05, 4.69) is 26.1 Å². The zero-order valence-electron chi connectivity index (χ0n) is 16.0. The van der Waals surface area contributed by atoms with Crippen molar-refractivity contribution in [2.75, 3.05) is 19.7 Å². The number of aromatic nitrogens is 3. The molecule has 0 spiro atoms. The molecule has 0 saturated carbocycles. The summed E-state index contributed by atoms with van der Waals surface area (Å²) in [6.07, 6.45) is -0.130. The molecule has 0 bridgehead atoms. The summed E-state index contributed by atoms with van der Waals surface area (Å²) in [5, 5.41) is 7.14. The highest BCUT2D eigenvalue weighted by Crippen LogP contribution is 2.24. The largest absolute Gasteiger partial charge is 0.370 e. The van der Waals surface area contributed by atoms with E-state index in [-0.39, 0.29) is 18.6 Å². The zero-order chi connectivity index (χ0) is 20.4. The van der Waals surface area contributed by atoms with Crippen LogP contribution in [0, 0.1) is 11.7 Å². The highest BCUT2D eigenvalue weighted by atomic mass is 79.9. The number of H-pyrrole nitrogens is 1. The average molecular weight is 473 g/mol. The Balaban J connectivity index is 1.51. The molecule has 6 nitrogen and oxygen atoms in total. The van der Waals surface area contributed by atoms with Crippen LogP contribution in [0.3, 0.4) is 0 Å². The first-order valence-electron chi connectivity index (χ1n) is 9.38. The van der Waals surface area contributed by atoms with Gasteiger partial charge in [-0.1, -0.05) is 57.9 Å². The van der Waals surface area contributed by atoms with Gasteiger partial charge in [0.05, 0.1) is 13.2 Å². The molecule has 3 aromatic rings. The van der Waals surface area contributed by atoms with Gasteiger partial charge in [-0.2, -0.15) is 5.10 Å². The quantitative estimate of drug-likeness (QED) is 0.575. The highest BCUT2D eigenvalue weighted by Gasteiger charge is 2.26. The summed E-state index contributed by atoms with van der Waals surface area (Å²) in [6, 6.07) is 16.0. The Hall–Kier alpha value is -2.29. The summed E-state index contributed by atoms with van der Waals surface area (Å²) in [6.45, 7) is 3.77. The van der Waals surface area contributed by atoms with Crippen LogP contribution in [-0.2, 0) is 16.1 Å². The minimum Gasteiger partial charge on any atom is -0.370 e. The predicted molar refractivity (Wildman–Crippen MR) is 117 cm³/mol. The maximum absolute atomic E-state index is 13.0. The topological polar surface area (TPSA) is 63.2 Å². The van der Waals surface area contributed by atoms with E-state index in [1.807, 2.05) is 60.4 Å². The fraction of sp³-hybridized carbons (Fsp3) is 0.286. The molecule has 1 aromatic heterocycles. The first-order valence-corrected chi connectivity index (χ1v) is 10.6. The summed E-state index contributed by atoms with van der Waals surface area (Å²) >= 11 is 8.82. The highest BCUT2D eigenvalue weighted by molar-refractivity contribution is 9.10. The van der Waals surface area contributed by atoms with Crippen molar-refractivity contribution < 1.29 is 9.53 Å². The Bertz CT molecular complexity index is 1060. The Labute approximate surface area is 182 Å². The lowest BCUT2D eigenvalue weighted by molar-refractivity contribution is -0.139. The molecular weight excluding hydrogens is 452 g/mol. The van der Waals surface area contributed by atoms with Gasteiger partial charge in [-0.3, -0.25) is 14.5 Å². The number of nitrogens with zero attached hydrogens (tertiary/aromatic N) is 3. The van der Waals surface area contributed by atoms with Gasteiger partial charge in [0.1, 0.15) is 12.6 Å². The maximum Gasteiger partial charge on any atom is 0.242 e. The second kappa shape index (κ2) is 8.61. The molecule has 0 aliphatic carbocycles. The molecule has 1 aliphatic heterocycles. The van der Waals surface area contributed by atoms with Crippen LogP contribution in [0.2, 0.25) is 0 Å². The smallest absolute Gasteiger partial charge is 0.242 e. The lowest BCUT2D eigenvalue weighted by atomic mass is 10.1. The Morgan fingerprint density at radius 3 is 2.69 bits per heavy atom. The van der Waals surface area contributed by atoms with Gasteiger partial charge in [-0.25, -0.2) is 0 Å². The SMILES string of the molecule is Cc1ccc(-c2n[nH]c(=S)n2CC(=O)N2CCOC(c3ccc(Br)cc3)C2)cc1. The van der Waals surface area contributed by atoms with E-state index >= 15 is 0 Å². The van der Waals surface area contributed by atoms with Gasteiger partial charge in [-0.05, 0) is 36.8 Å². The number of ether oxygens (including phenoxy) is 1. The van der Waals surface area contributed by atoms with Crippen LogP contribution in [0.15, 0.2) is 53.0 Å². The molecule has 1 fully saturated rings. The average Bonchev–Trinajstić information content (AvgIpc) is 3.09. The maximum atomic E-state index is 13.0. The molecule has 8 heteroatoms. The van der Waals surface area contributed by atoms with Crippen LogP contribution in [0.4, 0.5) is 0 Å². The number of benzene rings is 2. The van der Waals surface area contributed by atoms with E-state index in [4.69, 9.17) is 17.0 Å². The van der Waals surface area contributed by atoms with Gasteiger partial charge >= 0.3 is 0 Å². The molecular formula is C21H21BrN4O2S. The predicted octanol–water partition coefficient (Wildman–Crippen LogP) is 4.28. The number of aryl methyl sites for hydroxylation is 1. The normalized spacial score (nSPS) is 16.8. The van der Waals surface area contributed by atoms with Crippen LogP contribution in [0.5, 0.6) is 0 Å². The summed E-state index contributed by atoms with van der Waals surface area (Å²) < 4.78 is 9.10. The summed E-state index contributed by atoms with van der Waals surface area (Å²) in [5.74, 6) is 0.669. The van der Waals surface area contributed by atoms with Crippen LogP contribution in [0.25, 0.3) is 11.4 Å². The molecule has 0 radical (unpaired) electrons. The lowest BCUT2D eigenvalue weighted by Crippen LogP contribution is -2.43. The van der Waals surface area contributed by atoms with Gasteiger partial charge < -0.3 is 9.64 Å². The second-order valence-corrected chi connectivity index (χ2v) is 8.36. The van der Waals surface area contributed by atoms with Crippen LogP contribution < -0.4 is 0 Å². The molecule has 150 valence electrons. The van der Waals surface area contributed by atoms with Gasteiger partial charge in [0, 0.05) is 16.6 Å². The van der Waals surface area contributed by atoms with E-state index in [0.29, 0.717) is 30.3 Å². The number of halogens is 1. The minimum atomic E-state index is -0.130. The van der Waals surface area contributed by atoms with Crippen molar-refractivity contribution in [2.45, 2.75) is 19.6 Å². The van der Waals surface area contributed by atoms with Crippen molar-refractivity contribution in [3.63, 3.8) is 0 Å². The van der Waals surface area contributed by atoms with E-state index in [1.54, 1.807) is 4.57 Å². The fourth-order valence-electron chi connectivity index (χ4n) is 3.38. The van der Waals surface area contributed by atoms with Crippen molar-refractivity contribution in [3.8, 4) is 11.4 Å². The molecule has 4 rings (SSSR count). The first-order chi connectivity index (χ1) is 14.0. The molecule has 29 heavy (non-hydrogen) atoms. The molecule has 1 aliphatic rings. The van der Waals surface area contributed by atoms with Gasteiger partial charge in [0.25, 0.3) is 0 Å². The summed E-state index contributed by atoms with van der Waals surface area (Å²) in [4.78, 5) is 14.9. The third-order valence-corrected chi connectivity index (χ3v) is 5.86. The Kier molecular flexibility index (Phi) is 5.94. The number of nitrogens with one attached hydrogen (secondary N) is 1. The number of rotatable bonds is 4. The lowest BCUT2D eigenvalue weighted by Gasteiger charge is -2.33. The number of hydrogen-bond donors (Lipinski definition) is 1. The Morgan fingerprint density at radius 2 is 1.97 bits per heavy atom. The molecule has 1 N–H and O–H groups in total. The molecule has 2 aromatic carbocycles. The summed E-state index contributed by atoms with van der Waals surface area (Å²) in [5.41, 5.74) is 3.15. The van der Waals surface area contributed by atoms with Crippen molar-refractivity contribution in [1.82, 2.24) is 19.7 Å². The summed E-state index contributed by atoms with van der Waals surface area (Å²) in [7, 11) is 0. The van der Waals surface area contributed by atoms with Crippen LogP contribution in [0.1, 0.15) is 17.2 Å². The molecule has 2 heterocycles.